The molecular weight excluding hydrogens is 220 g/mol. The highest BCUT2D eigenvalue weighted by atomic mass is 14.8. The Bertz CT molecular complexity index is 535. The summed E-state index contributed by atoms with van der Waals surface area (Å²) >= 11 is 0. The zero-order valence-electron chi connectivity index (χ0n) is 10.9. The van der Waals surface area contributed by atoms with Crippen LogP contribution < -0.4 is 5.32 Å². The molecule has 1 aliphatic carbocycles. The number of nitrogens with one attached hydrogen (secondary N) is 1. The van der Waals surface area contributed by atoms with Crippen LogP contribution in [-0.4, -0.2) is 18.6 Å². The van der Waals surface area contributed by atoms with Gasteiger partial charge in [-0.2, -0.15) is 0 Å². The molecule has 0 amide bonds. The van der Waals surface area contributed by atoms with Gasteiger partial charge in [-0.3, -0.25) is 4.98 Å². The van der Waals surface area contributed by atoms with E-state index >= 15 is 0 Å². The minimum Gasteiger partial charge on any atom is -0.319 e. The Labute approximate surface area is 108 Å². The fourth-order valence-electron chi connectivity index (χ4n) is 3.31. The van der Waals surface area contributed by atoms with Crippen LogP contribution in [0.4, 0.5) is 0 Å². The van der Waals surface area contributed by atoms with E-state index in [-0.39, 0.29) is 0 Å². The summed E-state index contributed by atoms with van der Waals surface area (Å²) < 4.78 is 0. The van der Waals surface area contributed by atoms with Crippen molar-refractivity contribution in [3.05, 3.63) is 42.1 Å². The van der Waals surface area contributed by atoms with Crippen LogP contribution >= 0.6 is 0 Å². The highest BCUT2D eigenvalue weighted by molar-refractivity contribution is 5.79. The van der Waals surface area contributed by atoms with Gasteiger partial charge in [0.05, 0.1) is 5.52 Å². The number of hydrogen-bond donors (Lipinski definition) is 1. The largest absolute Gasteiger partial charge is 0.319 e. The lowest BCUT2D eigenvalue weighted by molar-refractivity contribution is 0.463. The predicted octanol–water partition coefficient (Wildman–Crippen LogP) is 3.34. The lowest BCUT2D eigenvalue weighted by atomic mass is 9.88. The van der Waals surface area contributed by atoms with Crippen molar-refractivity contribution in [2.24, 2.45) is 5.92 Å². The third-order valence-corrected chi connectivity index (χ3v) is 4.18. The second kappa shape index (κ2) is 5.07. The highest BCUT2D eigenvalue weighted by Crippen LogP contribution is 2.39. The van der Waals surface area contributed by atoms with Crippen molar-refractivity contribution < 1.29 is 0 Å². The van der Waals surface area contributed by atoms with Crippen molar-refractivity contribution in [2.75, 3.05) is 13.6 Å². The zero-order valence-corrected chi connectivity index (χ0v) is 10.9. The van der Waals surface area contributed by atoms with E-state index in [0.717, 1.165) is 23.9 Å². The van der Waals surface area contributed by atoms with Crippen LogP contribution in [0.3, 0.4) is 0 Å². The third-order valence-electron chi connectivity index (χ3n) is 4.18. The number of hydrogen-bond acceptors (Lipinski definition) is 2. The Kier molecular flexibility index (Phi) is 3.28. The van der Waals surface area contributed by atoms with Gasteiger partial charge >= 0.3 is 0 Å². The first-order chi connectivity index (χ1) is 8.88. The topological polar surface area (TPSA) is 24.9 Å². The van der Waals surface area contributed by atoms with Gasteiger partial charge < -0.3 is 5.32 Å². The van der Waals surface area contributed by atoms with Gasteiger partial charge in [-0.05, 0) is 62.0 Å². The number of rotatable bonds is 3. The number of benzene rings is 1. The number of aromatic nitrogens is 1. The molecule has 18 heavy (non-hydrogen) atoms. The third kappa shape index (κ3) is 2.13. The van der Waals surface area contributed by atoms with Crippen LogP contribution in [0.2, 0.25) is 0 Å². The minimum absolute atomic E-state index is 0.724. The Morgan fingerprint density at radius 2 is 2.22 bits per heavy atom. The molecule has 1 N–H and O–H groups in total. The zero-order chi connectivity index (χ0) is 12.4. The van der Waals surface area contributed by atoms with Crippen LogP contribution in [0.25, 0.3) is 10.9 Å². The van der Waals surface area contributed by atoms with E-state index in [1.165, 1.54) is 30.2 Å². The monoisotopic (exact) mass is 240 g/mol. The van der Waals surface area contributed by atoms with Crippen LogP contribution in [0.15, 0.2) is 36.5 Å². The summed E-state index contributed by atoms with van der Waals surface area (Å²) in [5, 5.41) is 4.60. The highest BCUT2D eigenvalue weighted by Gasteiger charge is 2.27. The molecule has 1 aromatic heterocycles. The van der Waals surface area contributed by atoms with Gasteiger partial charge in [-0.15, -0.1) is 0 Å². The van der Waals surface area contributed by atoms with Crippen molar-refractivity contribution >= 4 is 10.9 Å². The molecule has 1 fully saturated rings. The molecule has 1 aromatic carbocycles. The maximum Gasteiger partial charge on any atom is 0.0702 e. The average Bonchev–Trinajstić information content (AvgIpc) is 2.87. The van der Waals surface area contributed by atoms with Crippen molar-refractivity contribution in [3.63, 3.8) is 0 Å². The van der Waals surface area contributed by atoms with Crippen molar-refractivity contribution in [3.8, 4) is 0 Å². The summed E-state index contributed by atoms with van der Waals surface area (Å²) in [6.45, 7) is 1.13. The van der Waals surface area contributed by atoms with Crippen molar-refractivity contribution in [2.45, 2.75) is 25.2 Å². The number of pyridine rings is 1. The van der Waals surface area contributed by atoms with E-state index in [1.807, 2.05) is 12.3 Å². The molecular formula is C16H20N2. The minimum atomic E-state index is 0.724. The number of fused-ring (bicyclic) bond motifs is 1. The summed E-state index contributed by atoms with van der Waals surface area (Å²) in [4.78, 5) is 4.39. The van der Waals surface area contributed by atoms with E-state index in [4.69, 9.17) is 0 Å². The first kappa shape index (κ1) is 11.7. The quantitative estimate of drug-likeness (QED) is 0.890. The molecule has 94 valence electrons. The summed E-state index contributed by atoms with van der Waals surface area (Å²) in [7, 11) is 2.06. The van der Waals surface area contributed by atoms with Crippen molar-refractivity contribution in [1.82, 2.24) is 10.3 Å². The molecule has 2 atom stereocenters. The Balaban J connectivity index is 1.93. The van der Waals surface area contributed by atoms with E-state index in [0.29, 0.717) is 0 Å². The van der Waals surface area contributed by atoms with Crippen LogP contribution in [0.1, 0.15) is 30.7 Å². The average molecular weight is 240 g/mol. The molecule has 1 aliphatic rings. The molecule has 1 heterocycles. The molecule has 2 aromatic rings. The fourth-order valence-corrected chi connectivity index (χ4v) is 3.31. The lowest BCUT2D eigenvalue weighted by Gasteiger charge is -2.20. The van der Waals surface area contributed by atoms with Crippen molar-refractivity contribution in [1.29, 1.82) is 0 Å². The second-order valence-electron chi connectivity index (χ2n) is 5.31. The van der Waals surface area contributed by atoms with Gasteiger partial charge in [0, 0.05) is 11.6 Å². The molecule has 2 nitrogen and oxygen atoms in total. The lowest BCUT2D eigenvalue weighted by Crippen LogP contribution is -2.20. The van der Waals surface area contributed by atoms with Gasteiger partial charge in [0.1, 0.15) is 0 Å². The summed E-state index contributed by atoms with van der Waals surface area (Å²) in [5.41, 5.74) is 2.60. The number of nitrogens with zero attached hydrogens (tertiary/aromatic N) is 1. The normalized spacial score (nSPS) is 23.6. The van der Waals surface area contributed by atoms with Crippen LogP contribution in [0, 0.1) is 5.92 Å². The predicted molar refractivity (Wildman–Crippen MR) is 75.8 cm³/mol. The summed E-state index contributed by atoms with van der Waals surface area (Å²) in [5.74, 6) is 1.52. The van der Waals surface area contributed by atoms with E-state index in [9.17, 15) is 0 Å². The van der Waals surface area contributed by atoms with Gasteiger partial charge in [0.2, 0.25) is 0 Å². The van der Waals surface area contributed by atoms with Gasteiger partial charge in [0.15, 0.2) is 0 Å². The Hall–Kier alpha value is -1.41. The molecule has 3 rings (SSSR count). The fraction of sp³-hybridized carbons (Fsp3) is 0.438. The van der Waals surface area contributed by atoms with Gasteiger partial charge in [-0.25, -0.2) is 0 Å². The second-order valence-corrected chi connectivity index (χ2v) is 5.31. The van der Waals surface area contributed by atoms with Crippen LogP contribution in [0.5, 0.6) is 0 Å². The van der Waals surface area contributed by atoms with Gasteiger partial charge in [0.25, 0.3) is 0 Å². The molecule has 1 saturated carbocycles. The molecule has 0 spiro atoms. The molecule has 0 aliphatic heterocycles. The molecule has 2 heteroatoms. The molecule has 2 unspecified atom stereocenters. The van der Waals surface area contributed by atoms with E-state index in [1.54, 1.807) is 0 Å². The van der Waals surface area contributed by atoms with E-state index < -0.39 is 0 Å². The Morgan fingerprint density at radius 1 is 1.28 bits per heavy atom. The molecule has 0 radical (unpaired) electrons. The van der Waals surface area contributed by atoms with Crippen LogP contribution in [-0.2, 0) is 0 Å². The standard InChI is InChI=1S/C16H20N2/c1-17-11-14-4-2-6-15(14)12-7-8-16-13(10-12)5-3-9-18-16/h3,5,7-10,14-15,17H,2,4,6,11H2,1H3. The summed E-state index contributed by atoms with van der Waals surface area (Å²) in [6.07, 6.45) is 5.91. The maximum atomic E-state index is 4.39. The molecule has 0 saturated heterocycles. The molecule has 0 bridgehead atoms. The summed E-state index contributed by atoms with van der Waals surface area (Å²) in [6, 6.07) is 11.0. The van der Waals surface area contributed by atoms with E-state index in [2.05, 4.69) is 41.6 Å². The smallest absolute Gasteiger partial charge is 0.0702 e. The maximum absolute atomic E-state index is 4.39. The first-order valence-electron chi connectivity index (χ1n) is 6.88. The SMILES string of the molecule is CNCC1CCCC1c1ccc2ncccc2c1. The van der Waals surface area contributed by atoms with Gasteiger partial charge in [-0.1, -0.05) is 18.6 Å². The first-order valence-corrected chi connectivity index (χ1v) is 6.88. The Morgan fingerprint density at radius 3 is 3.11 bits per heavy atom.